The van der Waals surface area contributed by atoms with Crippen LogP contribution in [0.25, 0.3) is 22.2 Å². The van der Waals surface area contributed by atoms with Gasteiger partial charge in [-0.3, -0.25) is 4.79 Å². The Morgan fingerprint density at radius 2 is 1.79 bits per heavy atom. The van der Waals surface area contributed by atoms with Crippen LogP contribution in [0.1, 0.15) is 39.8 Å². The van der Waals surface area contributed by atoms with Gasteiger partial charge in [-0.15, -0.1) is 0 Å². The second-order valence-electron chi connectivity index (χ2n) is 7.54. The standard InChI is InChI=1S/C25H24N2O2/c1-16-7-8-17(2)22(11-16)14-27-24-13-21(9-10-23(24)26-25(27)15-28)20-6-4-5-19(12-20)18(3)29/h4-13,28H,14-15H2,1-3H3. The van der Waals surface area contributed by atoms with E-state index in [-0.39, 0.29) is 12.4 Å². The van der Waals surface area contributed by atoms with Crippen LogP contribution in [0, 0.1) is 13.8 Å². The molecule has 0 aliphatic heterocycles. The Labute approximate surface area is 170 Å². The molecule has 0 aliphatic rings. The molecule has 0 saturated carbocycles. The lowest BCUT2D eigenvalue weighted by molar-refractivity contribution is 0.101. The number of aliphatic hydroxyl groups is 1. The highest BCUT2D eigenvalue weighted by Crippen LogP contribution is 2.27. The first kappa shape index (κ1) is 19.1. The van der Waals surface area contributed by atoms with Gasteiger partial charge < -0.3 is 9.67 Å². The molecular formula is C25H24N2O2. The van der Waals surface area contributed by atoms with Gasteiger partial charge in [0.05, 0.1) is 11.0 Å². The van der Waals surface area contributed by atoms with E-state index in [4.69, 9.17) is 0 Å². The molecule has 3 aromatic carbocycles. The van der Waals surface area contributed by atoms with Crippen molar-refractivity contribution in [2.24, 2.45) is 0 Å². The number of aliphatic hydroxyl groups excluding tert-OH is 1. The van der Waals surface area contributed by atoms with Gasteiger partial charge >= 0.3 is 0 Å². The molecule has 0 unspecified atom stereocenters. The minimum Gasteiger partial charge on any atom is -0.388 e. The second kappa shape index (κ2) is 7.64. The zero-order chi connectivity index (χ0) is 20.5. The molecule has 146 valence electrons. The highest BCUT2D eigenvalue weighted by atomic mass is 16.3. The summed E-state index contributed by atoms with van der Waals surface area (Å²) in [5.74, 6) is 0.700. The average molecular weight is 384 g/mol. The van der Waals surface area contributed by atoms with Crippen molar-refractivity contribution in [1.29, 1.82) is 0 Å². The maximum Gasteiger partial charge on any atom is 0.159 e. The fourth-order valence-electron chi connectivity index (χ4n) is 3.71. The van der Waals surface area contributed by atoms with Gasteiger partial charge in [-0.2, -0.15) is 0 Å². The Balaban J connectivity index is 1.84. The third-order valence-electron chi connectivity index (χ3n) is 5.40. The minimum atomic E-state index is -0.116. The first-order valence-electron chi connectivity index (χ1n) is 9.74. The van der Waals surface area contributed by atoms with Gasteiger partial charge in [0, 0.05) is 12.1 Å². The Morgan fingerprint density at radius 3 is 2.55 bits per heavy atom. The van der Waals surface area contributed by atoms with Crippen molar-refractivity contribution in [1.82, 2.24) is 9.55 Å². The fraction of sp³-hybridized carbons (Fsp3) is 0.200. The number of fused-ring (bicyclic) bond motifs is 1. The van der Waals surface area contributed by atoms with Crippen LogP contribution in [0.5, 0.6) is 0 Å². The quantitative estimate of drug-likeness (QED) is 0.489. The van der Waals surface area contributed by atoms with E-state index in [1.54, 1.807) is 6.92 Å². The number of aryl methyl sites for hydroxylation is 2. The maximum absolute atomic E-state index is 11.8. The van der Waals surface area contributed by atoms with E-state index in [2.05, 4.69) is 47.7 Å². The van der Waals surface area contributed by atoms with E-state index >= 15 is 0 Å². The Morgan fingerprint density at radius 1 is 1.00 bits per heavy atom. The number of Topliss-reactive ketones (excluding diaryl/α,β-unsaturated/α-hetero) is 1. The topological polar surface area (TPSA) is 55.1 Å². The Kier molecular flexibility index (Phi) is 5.03. The molecule has 0 radical (unpaired) electrons. The largest absolute Gasteiger partial charge is 0.388 e. The SMILES string of the molecule is CC(=O)c1cccc(-c2ccc3nc(CO)n(Cc4cc(C)ccc4C)c3c2)c1. The normalized spacial score (nSPS) is 11.2. The molecule has 1 aromatic heterocycles. The second-order valence-corrected chi connectivity index (χ2v) is 7.54. The summed E-state index contributed by atoms with van der Waals surface area (Å²) in [6.45, 7) is 6.30. The zero-order valence-corrected chi connectivity index (χ0v) is 16.9. The Hall–Kier alpha value is -3.24. The number of carbonyl (C=O) groups is 1. The number of rotatable bonds is 5. The van der Waals surface area contributed by atoms with Crippen molar-refractivity contribution in [2.75, 3.05) is 0 Å². The predicted octanol–water partition coefficient (Wildman–Crippen LogP) is 5.06. The first-order chi connectivity index (χ1) is 14.0. The van der Waals surface area contributed by atoms with E-state index in [1.807, 2.05) is 36.4 Å². The molecule has 4 aromatic rings. The summed E-state index contributed by atoms with van der Waals surface area (Å²) in [5.41, 5.74) is 8.17. The van der Waals surface area contributed by atoms with Gasteiger partial charge in [0.15, 0.2) is 5.78 Å². The van der Waals surface area contributed by atoms with Crippen molar-refractivity contribution >= 4 is 16.8 Å². The van der Waals surface area contributed by atoms with Gasteiger partial charge in [-0.05, 0) is 61.2 Å². The summed E-state index contributed by atoms with van der Waals surface area (Å²) in [6.07, 6.45) is 0. The van der Waals surface area contributed by atoms with Crippen LogP contribution in [0.15, 0.2) is 60.7 Å². The van der Waals surface area contributed by atoms with Gasteiger partial charge in [0.1, 0.15) is 12.4 Å². The summed E-state index contributed by atoms with van der Waals surface area (Å²) >= 11 is 0. The summed E-state index contributed by atoms with van der Waals surface area (Å²) in [4.78, 5) is 16.4. The van der Waals surface area contributed by atoms with E-state index in [1.165, 1.54) is 16.7 Å². The molecule has 1 N–H and O–H groups in total. The van der Waals surface area contributed by atoms with E-state index < -0.39 is 0 Å². The van der Waals surface area contributed by atoms with Crippen LogP contribution in [0.4, 0.5) is 0 Å². The number of aromatic nitrogens is 2. The van der Waals surface area contributed by atoms with Crippen LogP contribution >= 0.6 is 0 Å². The number of nitrogens with zero attached hydrogens (tertiary/aromatic N) is 2. The van der Waals surface area contributed by atoms with Gasteiger partial charge in [0.2, 0.25) is 0 Å². The summed E-state index contributed by atoms with van der Waals surface area (Å²) in [6, 6.07) is 20.2. The molecule has 4 rings (SSSR count). The number of imidazole rings is 1. The van der Waals surface area contributed by atoms with Crippen molar-refractivity contribution < 1.29 is 9.90 Å². The van der Waals surface area contributed by atoms with Gasteiger partial charge in [-0.25, -0.2) is 4.98 Å². The van der Waals surface area contributed by atoms with Crippen LogP contribution in [-0.2, 0) is 13.2 Å². The van der Waals surface area contributed by atoms with Crippen molar-refractivity contribution in [3.05, 3.63) is 88.7 Å². The molecule has 0 bridgehead atoms. The Bertz CT molecular complexity index is 1220. The lowest BCUT2D eigenvalue weighted by Crippen LogP contribution is -2.06. The van der Waals surface area contributed by atoms with Gasteiger partial charge in [-0.1, -0.05) is 48.0 Å². The highest BCUT2D eigenvalue weighted by Gasteiger charge is 2.13. The number of carbonyl (C=O) groups excluding carboxylic acids is 1. The van der Waals surface area contributed by atoms with Gasteiger partial charge in [0.25, 0.3) is 0 Å². The van der Waals surface area contributed by atoms with E-state index in [0.717, 1.165) is 22.2 Å². The monoisotopic (exact) mass is 384 g/mol. The van der Waals surface area contributed by atoms with E-state index in [0.29, 0.717) is 17.9 Å². The molecule has 4 heteroatoms. The molecule has 4 nitrogen and oxygen atoms in total. The van der Waals surface area contributed by atoms with Crippen LogP contribution < -0.4 is 0 Å². The summed E-state index contributed by atoms with van der Waals surface area (Å²) < 4.78 is 2.08. The van der Waals surface area contributed by atoms with E-state index in [9.17, 15) is 9.90 Å². The maximum atomic E-state index is 11.8. The lowest BCUT2D eigenvalue weighted by Gasteiger charge is -2.12. The average Bonchev–Trinajstić information content (AvgIpc) is 3.07. The number of hydrogen-bond donors (Lipinski definition) is 1. The molecule has 0 fully saturated rings. The predicted molar refractivity (Wildman–Crippen MR) is 116 cm³/mol. The van der Waals surface area contributed by atoms with Crippen molar-refractivity contribution in [3.8, 4) is 11.1 Å². The van der Waals surface area contributed by atoms with Crippen molar-refractivity contribution in [2.45, 2.75) is 33.9 Å². The fourth-order valence-corrected chi connectivity index (χ4v) is 3.71. The lowest BCUT2D eigenvalue weighted by atomic mass is 10.0. The third kappa shape index (κ3) is 3.71. The number of hydrogen-bond acceptors (Lipinski definition) is 3. The van der Waals surface area contributed by atoms with Crippen LogP contribution in [0.2, 0.25) is 0 Å². The molecule has 0 spiro atoms. The summed E-state index contributed by atoms with van der Waals surface area (Å²) in [5, 5.41) is 9.88. The molecule has 0 amide bonds. The molecular weight excluding hydrogens is 360 g/mol. The highest BCUT2D eigenvalue weighted by molar-refractivity contribution is 5.95. The molecule has 0 aliphatic carbocycles. The molecule has 0 atom stereocenters. The minimum absolute atomic E-state index is 0.0514. The van der Waals surface area contributed by atoms with Crippen LogP contribution in [0.3, 0.4) is 0 Å². The molecule has 29 heavy (non-hydrogen) atoms. The van der Waals surface area contributed by atoms with Crippen molar-refractivity contribution in [3.63, 3.8) is 0 Å². The summed E-state index contributed by atoms with van der Waals surface area (Å²) in [7, 11) is 0. The zero-order valence-electron chi connectivity index (χ0n) is 16.9. The van der Waals surface area contributed by atoms with Crippen LogP contribution in [-0.4, -0.2) is 20.4 Å². The molecule has 1 heterocycles. The number of ketones is 1. The first-order valence-corrected chi connectivity index (χ1v) is 9.74. The number of benzene rings is 3. The smallest absolute Gasteiger partial charge is 0.159 e. The molecule has 0 saturated heterocycles. The third-order valence-corrected chi connectivity index (χ3v) is 5.40.